The number of carbonyl (C=O) groups is 1. The minimum atomic E-state index is -3.48. The van der Waals surface area contributed by atoms with Crippen LogP contribution in [0.2, 0.25) is 0 Å². The lowest BCUT2D eigenvalue weighted by Crippen LogP contribution is -2.42. The number of likely N-dealkylation sites (tertiary alicyclic amines) is 1. The zero-order chi connectivity index (χ0) is 17.5. The predicted molar refractivity (Wildman–Crippen MR) is 93.0 cm³/mol. The Morgan fingerprint density at radius 3 is 2.62 bits per heavy atom. The van der Waals surface area contributed by atoms with E-state index < -0.39 is 10.0 Å². The minimum absolute atomic E-state index is 0.0655. The first-order valence-corrected chi connectivity index (χ1v) is 9.75. The monoisotopic (exact) mass is 348 g/mol. The second kappa shape index (κ2) is 6.33. The summed E-state index contributed by atoms with van der Waals surface area (Å²) in [5.74, 6) is 0.477. The molecule has 0 N–H and O–H groups in total. The fourth-order valence-corrected chi connectivity index (χ4v) is 5.64. The standard InChI is InChI=1S/C18H24N2O3S/c1-4-18(21)19-8-7-15-11-20(12-16(15)10-19)24(22,23)17-9-13(2)5-6-14(17)3/h4-6,9,15-16H,1,7-8,10-12H2,2-3H3. The average Bonchev–Trinajstić information content (AvgIpc) is 3.00. The summed E-state index contributed by atoms with van der Waals surface area (Å²) < 4.78 is 27.7. The van der Waals surface area contributed by atoms with E-state index in [0.29, 0.717) is 37.0 Å². The summed E-state index contributed by atoms with van der Waals surface area (Å²) in [6.45, 7) is 9.62. The molecule has 2 aliphatic rings. The van der Waals surface area contributed by atoms with E-state index in [4.69, 9.17) is 0 Å². The number of aryl methyl sites for hydroxylation is 2. The van der Waals surface area contributed by atoms with Gasteiger partial charge in [-0.05, 0) is 55.4 Å². The molecule has 1 aromatic rings. The van der Waals surface area contributed by atoms with Crippen molar-refractivity contribution < 1.29 is 13.2 Å². The predicted octanol–water partition coefficient (Wildman–Crippen LogP) is 1.96. The largest absolute Gasteiger partial charge is 0.339 e. The molecule has 2 heterocycles. The van der Waals surface area contributed by atoms with Crippen molar-refractivity contribution in [1.82, 2.24) is 9.21 Å². The van der Waals surface area contributed by atoms with Gasteiger partial charge in [-0.2, -0.15) is 4.31 Å². The van der Waals surface area contributed by atoms with E-state index in [9.17, 15) is 13.2 Å². The third-order valence-corrected chi connectivity index (χ3v) is 7.19. The average molecular weight is 348 g/mol. The highest BCUT2D eigenvalue weighted by atomic mass is 32.2. The Bertz CT molecular complexity index is 772. The Balaban J connectivity index is 1.81. The molecule has 24 heavy (non-hydrogen) atoms. The number of carbonyl (C=O) groups excluding carboxylic acids is 1. The fourth-order valence-electron chi connectivity index (χ4n) is 3.78. The molecule has 2 fully saturated rings. The minimum Gasteiger partial charge on any atom is -0.339 e. The van der Waals surface area contributed by atoms with Crippen LogP contribution < -0.4 is 0 Å². The molecule has 0 aromatic heterocycles. The van der Waals surface area contributed by atoms with E-state index in [1.807, 2.05) is 26.0 Å². The number of sulfonamides is 1. The van der Waals surface area contributed by atoms with Crippen LogP contribution in [0, 0.1) is 25.7 Å². The van der Waals surface area contributed by atoms with Crippen LogP contribution in [0.5, 0.6) is 0 Å². The highest BCUT2D eigenvalue weighted by Gasteiger charge is 2.42. The highest BCUT2D eigenvalue weighted by molar-refractivity contribution is 7.89. The molecule has 1 aromatic carbocycles. The molecule has 0 spiro atoms. The molecule has 2 saturated heterocycles. The van der Waals surface area contributed by atoms with E-state index in [1.165, 1.54) is 6.08 Å². The highest BCUT2D eigenvalue weighted by Crippen LogP contribution is 2.35. The lowest BCUT2D eigenvalue weighted by atomic mass is 9.89. The number of rotatable bonds is 3. The van der Waals surface area contributed by atoms with Gasteiger partial charge in [0.1, 0.15) is 0 Å². The van der Waals surface area contributed by atoms with Crippen molar-refractivity contribution >= 4 is 15.9 Å². The smallest absolute Gasteiger partial charge is 0.245 e. The SMILES string of the molecule is C=CC(=O)N1CCC2CN(S(=O)(=O)c3cc(C)ccc3C)CC2C1. The van der Waals surface area contributed by atoms with Crippen LogP contribution in [0.1, 0.15) is 17.5 Å². The van der Waals surface area contributed by atoms with Crippen molar-refractivity contribution in [2.24, 2.45) is 11.8 Å². The van der Waals surface area contributed by atoms with Gasteiger partial charge >= 0.3 is 0 Å². The van der Waals surface area contributed by atoms with Gasteiger partial charge in [0.15, 0.2) is 0 Å². The van der Waals surface area contributed by atoms with Gasteiger partial charge < -0.3 is 4.90 Å². The maximum atomic E-state index is 13.1. The number of amides is 1. The van der Waals surface area contributed by atoms with E-state index in [0.717, 1.165) is 17.5 Å². The molecular formula is C18H24N2O3S. The molecule has 2 unspecified atom stereocenters. The topological polar surface area (TPSA) is 57.7 Å². The molecule has 0 aliphatic carbocycles. The molecule has 130 valence electrons. The van der Waals surface area contributed by atoms with Gasteiger partial charge in [-0.15, -0.1) is 0 Å². The quantitative estimate of drug-likeness (QED) is 0.785. The van der Waals surface area contributed by atoms with Crippen molar-refractivity contribution in [3.63, 3.8) is 0 Å². The summed E-state index contributed by atoms with van der Waals surface area (Å²) >= 11 is 0. The second-order valence-corrected chi connectivity index (χ2v) is 8.79. The van der Waals surface area contributed by atoms with Gasteiger partial charge in [-0.1, -0.05) is 18.7 Å². The molecule has 2 aliphatic heterocycles. The zero-order valence-electron chi connectivity index (χ0n) is 14.2. The summed E-state index contributed by atoms with van der Waals surface area (Å²) in [7, 11) is -3.48. The first-order valence-electron chi connectivity index (χ1n) is 8.31. The van der Waals surface area contributed by atoms with Gasteiger partial charge in [0, 0.05) is 26.2 Å². The van der Waals surface area contributed by atoms with E-state index >= 15 is 0 Å². The second-order valence-electron chi connectivity index (χ2n) is 6.89. The van der Waals surface area contributed by atoms with Crippen molar-refractivity contribution in [2.45, 2.75) is 25.2 Å². The van der Waals surface area contributed by atoms with Crippen molar-refractivity contribution in [3.05, 3.63) is 42.0 Å². The molecular weight excluding hydrogens is 324 g/mol. The van der Waals surface area contributed by atoms with Crippen LogP contribution in [0.25, 0.3) is 0 Å². The van der Waals surface area contributed by atoms with Crippen LogP contribution in [-0.4, -0.2) is 49.7 Å². The van der Waals surface area contributed by atoms with Gasteiger partial charge in [0.05, 0.1) is 4.90 Å². The Hall–Kier alpha value is -1.66. The molecule has 6 heteroatoms. The molecule has 2 atom stereocenters. The summed E-state index contributed by atoms with van der Waals surface area (Å²) in [6, 6.07) is 5.53. The molecule has 5 nitrogen and oxygen atoms in total. The Labute approximate surface area is 144 Å². The number of hydrogen-bond donors (Lipinski definition) is 0. The van der Waals surface area contributed by atoms with Crippen LogP contribution in [0.4, 0.5) is 0 Å². The normalized spacial score (nSPS) is 24.7. The summed E-state index contributed by atoms with van der Waals surface area (Å²) in [5.41, 5.74) is 1.72. The van der Waals surface area contributed by atoms with Crippen LogP contribution in [-0.2, 0) is 14.8 Å². The van der Waals surface area contributed by atoms with Gasteiger partial charge in [-0.25, -0.2) is 8.42 Å². The molecule has 3 rings (SSSR count). The van der Waals surface area contributed by atoms with Crippen LogP contribution in [0.3, 0.4) is 0 Å². The molecule has 0 bridgehead atoms. The number of hydrogen-bond acceptors (Lipinski definition) is 3. The van der Waals surface area contributed by atoms with Crippen molar-refractivity contribution in [2.75, 3.05) is 26.2 Å². The van der Waals surface area contributed by atoms with Gasteiger partial charge in [-0.3, -0.25) is 4.79 Å². The summed E-state index contributed by atoms with van der Waals surface area (Å²) in [4.78, 5) is 14.0. The maximum absolute atomic E-state index is 13.1. The summed E-state index contributed by atoms with van der Waals surface area (Å²) in [5, 5.41) is 0. The number of fused-ring (bicyclic) bond motifs is 1. The first kappa shape index (κ1) is 17.2. The molecule has 0 saturated carbocycles. The Morgan fingerprint density at radius 2 is 1.92 bits per heavy atom. The van der Waals surface area contributed by atoms with E-state index in [1.54, 1.807) is 15.3 Å². The lowest BCUT2D eigenvalue weighted by Gasteiger charge is -2.33. The number of piperidine rings is 1. The summed E-state index contributed by atoms with van der Waals surface area (Å²) in [6.07, 6.45) is 2.18. The Kier molecular flexibility index (Phi) is 4.53. The Morgan fingerprint density at radius 1 is 1.21 bits per heavy atom. The van der Waals surface area contributed by atoms with Gasteiger partial charge in [0.25, 0.3) is 0 Å². The van der Waals surface area contributed by atoms with Crippen molar-refractivity contribution in [3.8, 4) is 0 Å². The van der Waals surface area contributed by atoms with E-state index in [-0.39, 0.29) is 11.8 Å². The van der Waals surface area contributed by atoms with Crippen LogP contribution >= 0.6 is 0 Å². The lowest BCUT2D eigenvalue weighted by molar-refractivity contribution is -0.128. The van der Waals surface area contributed by atoms with Crippen molar-refractivity contribution in [1.29, 1.82) is 0 Å². The first-order chi connectivity index (χ1) is 11.3. The van der Waals surface area contributed by atoms with E-state index in [2.05, 4.69) is 6.58 Å². The molecule has 1 amide bonds. The third-order valence-electron chi connectivity index (χ3n) is 5.22. The third kappa shape index (κ3) is 3.00. The van der Waals surface area contributed by atoms with Crippen LogP contribution in [0.15, 0.2) is 35.7 Å². The number of nitrogens with zero attached hydrogens (tertiary/aromatic N) is 2. The fraction of sp³-hybridized carbons (Fsp3) is 0.500. The zero-order valence-corrected chi connectivity index (χ0v) is 15.1. The molecule has 0 radical (unpaired) electrons. The van der Waals surface area contributed by atoms with Gasteiger partial charge in [0.2, 0.25) is 15.9 Å². The number of benzene rings is 1. The maximum Gasteiger partial charge on any atom is 0.245 e.